The van der Waals surface area contributed by atoms with Gasteiger partial charge in [0, 0.05) is 29.0 Å². The van der Waals surface area contributed by atoms with Crippen LogP contribution in [-0.4, -0.2) is 12.6 Å². The highest BCUT2D eigenvalue weighted by molar-refractivity contribution is 5.97. The highest BCUT2D eigenvalue weighted by atomic mass is 14.9. The molecule has 19 heavy (non-hydrogen) atoms. The normalized spacial score (nSPS) is 12.1. The predicted octanol–water partition coefficient (Wildman–Crippen LogP) is 3.25. The van der Waals surface area contributed by atoms with Crippen molar-refractivity contribution < 1.29 is 0 Å². The van der Waals surface area contributed by atoms with E-state index < -0.39 is 0 Å². The molecule has 0 aliphatic carbocycles. The lowest BCUT2D eigenvalue weighted by atomic mass is 10.0. The molecule has 0 aliphatic rings. The van der Waals surface area contributed by atoms with E-state index in [1.165, 1.54) is 0 Å². The zero-order valence-electron chi connectivity index (χ0n) is 11.2. The van der Waals surface area contributed by atoms with E-state index in [2.05, 4.69) is 18.3 Å². The maximum atomic E-state index is 9.15. The van der Waals surface area contributed by atoms with Gasteiger partial charge in [0.15, 0.2) is 0 Å². The van der Waals surface area contributed by atoms with E-state index in [4.69, 9.17) is 11.0 Å². The second-order valence-corrected chi connectivity index (χ2v) is 4.68. The maximum absolute atomic E-state index is 9.15. The first-order valence-electron chi connectivity index (χ1n) is 6.68. The van der Waals surface area contributed by atoms with Crippen LogP contribution in [-0.2, 0) is 0 Å². The molecular weight excluding hydrogens is 234 g/mol. The number of hydrogen-bond acceptors (Lipinski definition) is 3. The summed E-state index contributed by atoms with van der Waals surface area (Å²) in [5.41, 5.74) is 7.56. The van der Waals surface area contributed by atoms with Crippen molar-refractivity contribution >= 4 is 16.5 Å². The van der Waals surface area contributed by atoms with Crippen molar-refractivity contribution in [3.05, 3.63) is 42.0 Å². The van der Waals surface area contributed by atoms with Gasteiger partial charge in [0.1, 0.15) is 0 Å². The lowest BCUT2D eigenvalue weighted by molar-refractivity contribution is 0.649. The number of nitriles is 1. The van der Waals surface area contributed by atoms with E-state index in [0.717, 1.165) is 29.3 Å². The van der Waals surface area contributed by atoms with Gasteiger partial charge in [0.05, 0.1) is 11.6 Å². The number of benzene rings is 2. The molecule has 0 aromatic heterocycles. The molecule has 3 heteroatoms. The van der Waals surface area contributed by atoms with Crippen molar-refractivity contribution in [1.29, 1.82) is 5.26 Å². The predicted molar refractivity (Wildman–Crippen MR) is 80.0 cm³/mol. The van der Waals surface area contributed by atoms with Crippen LogP contribution in [0.5, 0.6) is 0 Å². The molecule has 2 aromatic rings. The molecule has 1 atom stereocenters. The van der Waals surface area contributed by atoms with Crippen LogP contribution in [0.25, 0.3) is 10.8 Å². The second-order valence-electron chi connectivity index (χ2n) is 4.68. The Hall–Kier alpha value is -2.05. The largest absolute Gasteiger partial charge is 0.381 e. The zero-order valence-corrected chi connectivity index (χ0v) is 11.2. The van der Waals surface area contributed by atoms with Gasteiger partial charge in [-0.15, -0.1) is 0 Å². The van der Waals surface area contributed by atoms with E-state index in [9.17, 15) is 0 Å². The van der Waals surface area contributed by atoms with Gasteiger partial charge in [0.2, 0.25) is 0 Å². The topological polar surface area (TPSA) is 61.8 Å². The number of fused-ring (bicyclic) bond motifs is 1. The highest BCUT2D eigenvalue weighted by Crippen LogP contribution is 2.27. The van der Waals surface area contributed by atoms with Crippen molar-refractivity contribution in [2.45, 2.75) is 25.8 Å². The minimum absolute atomic E-state index is 0.279. The fraction of sp³-hybridized carbons (Fsp3) is 0.312. The molecule has 0 amide bonds. The molecule has 0 saturated heterocycles. The monoisotopic (exact) mass is 253 g/mol. The third-order valence-electron chi connectivity index (χ3n) is 3.33. The van der Waals surface area contributed by atoms with Gasteiger partial charge in [-0.25, -0.2) is 0 Å². The minimum Gasteiger partial charge on any atom is -0.381 e. The van der Waals surface area contributed by atoms with E-state index in [1.807, 2.05) is 36.4 Å². The molecule has 0 heterocycles. The second kappa shape index (κ2) is 6.21. The van der Waals surface area contributed by atoms with Crippen molar-refractivity contribution in [1.82, 2.24) is 0 Å². The highest BCUT2D eigenvalue weighted by Gasteiger charge is 2.09. The standard InChI is InChI=1S/C16H19N3/c1-2-5-13(11-18)19-16-9-8-12(10-17)14-6-3-4-7-15(14)16/h3-4,6-9,13,19H,2,5,11,18H2,1H3. The molecule has 0 saturated carbocycles. The van der Waals surface area contributed by atoms with Gasteiger partial charge in [-0.1, -0.05) is 37.6 Å². The zero-order chi connectivity index (χ0) is 13.7. The van der Waals surface area contributed by atoms with E-state index in [0.29, 0.717) is 12.1 Å². The summed E-state index contributed by atoms with van der Waals surface area (Å²) in [7, 11) is 0. The number of anilines is 1. The molecule has 0 spiro atoms. The molecule has 0 radical (unpaired) electrons. The van der Waals surface area contributed by atoms with Crippen LogP contribution in [0, 0.1) is 11.3 Å². The van der Waals surface area contributed by atoms with Crippen molar-refractivity contribution in [3.8, 4) is 6.07 Å². The maximum Gasteiger partial charge on any atom is 0.0998 e. The fourth-order valence-electron chi connectivity index (χ4n) is 2.34. The smallest absolute Gasteiger partial charge is 0.0998 e. The third kappa shape index (κ3) is 2.86. The Morgan fingerprint density at radius 2 is 1.95 bits per heavy atom. The summed E-state index contributed by atoms with van der Waals surface area (Å²) in [4.78, 5) is 0. The van der Waals surface area contributed by atoms with Crippen LogP contribution in [0.15, 0.2) is 36.4 Å². The number of rotatable bonds is 5. The molecule has 98 valence electrons. The number of nitrogens with zero attached hydrogens (tertiary/aromatic N) is 1. The molecule has 0 fully saturated rings. The lowest BCUT2D eigenvalue weighted by Crippen LogP contribution is -2.28. The first kappa shape index (κ1) is 13.4. The van der Waals surface area contributed by atoms with Gasteiger partial charge in [0.25, 0.3) is 0 Å². The minimum atomic E-state index is 0.279. The Labute approximate surface area is 114 Å². The number of nitrogens with two attached hydrogens (primary N) is 1. The Bertz CT molecular complexity index is 598. The molecule has 3 N–H and O–H groups in total. The van der Waals surface area contributed by atoms with E-state index in [-0.39, 0.29) is 6.04 Å². The van der Waals surface area contributed by atoms with Crippen molar-refractivity contribution in [3.63, 3.8) is 0 Å². The summed E-state index contributed by atoms with van der Waals surface area (Å²) in [6, 6.07) is 14.3. The molecule has 0 bridgehead atoms. The van der Waals surface area contributed by atoms with Gasteiger partial charge < -0.3 is 11.1 Å². The summed E-state index contributed by atoms with van der Waals surface area (Å²) in [5, 5.41) is 14.7. The van der Waals surface area contributed by atoms with Crippen molar-refractivity contribution in [2.24, 2.45) is 5.73 Å². The van der Waals surface area contributed by atoms with E-state index >= 15 is 0 Å². The van der Waals surface area contributed by atoms with Gasteiger partial charge in [-0.05, 0) is 18.6 Å². The van der Waals surface area contributed by atoms with Crippen LogP contribution < -0.4 is 11.1 Å². The number of nitrogens with one attached hydrogen (secondary N) is 1. The summed E-state index contributed by atoms with van der Waals surface area (Å²) in [6.07, 6.45) is 2.15. The van der Waals surface area contributed by atoms with Gasteiger partial charge in [-0.3, -0.25) is 0 Å². The number of hydrogen-bond donors (Lipinski definition) is 2. The van der Waals surface area contributed by atoms with Crippen LogP contribution in [0.3, 0.4) is 0 Å². The van der Waals surface area contributed by atoms with Crippen LogP contribution >= 0.6 is 0 Å². The van der Waals surface area contributed by atoms with Crippen molar-refractivity contribution in [2.75, 3.05) is 11.9 Å². The van der Waals surface area contributed by atoms with Gasteiger partial charge >= 0.3 is 0 Å². The average Bonchev–Trinajstić information content (AvgIpc) is 2.47. The van der Waals surface area contributed by atoms with Crippen LogP contribution in [0.4, 0.5) is 5.69 Å². The van der Waals surface area contributed by atoms with Gasteiger partial charge in [-0.2, -0.15) is 5.26 Å². The summed E-state index contributed by atoms with van der Waals surface area (Å²) < 4.78 is 0. The first-order valence-corrected chi connectivity index (χ1v) is 6.68. The molecule has 0 aliphatic heterocycles. The van der Waals surface area contributed by atoms with E-state index in [1.54, 1.807) is 0 Å². The summed E-state index contributed by atoms with van der Waals surface area (Å²) in [5.74, 6) is 0. The Balaban J connectivity index is 2.42. The molecule has 3 nitrogen and oxygen atoms in total. The molecule has 2 aromatic carbocycles. The SMILES string of the molecule is CCCC(CN)Nc1ccc(C#N)c2ccccc12. The summed E-state index contributed by atoms with van der Waals surface area (Å²) in [6.45, 7) is 2.77. The van der Waals surface area contributed by atoms with Crippen LogP contribution in [0.2, 0.25) is 0 Å². The average molecular weight is 253 g/mol. The lowest BCUT2D eigenvalue weighted by Gasteiger charge is -2.19. The fourth-order valence-corrected chi connectivity index (χ4v) is 2.34. The Morgan fingerprint density at radius 3 is 2.58 bits per heavy atom. The Kier molecular flexibility index (Phi) is 4.38. The molecular formula is C16H19N3. The quantitative estimate of drug-likeness (QED) is 0.859. The third-order valence-corrected chi connectivity index (χ3v) is 3.33. The Morgan fingerprint density at radius 1 is 1.21 bits per heavy atom. The van der Waals surface area contributed by atoms with Crippen LogP contribution in [0.1, 0.15) is 25.3 Å². The first-order chi connectivity index (χ1) is 9.30. The molecule has 2 rings (SSSR count). The molecule has 1 unspecified atom stereocenters. The summed E-state index contributed by atoms with van der Waals surface area (Å²) >= 11 is 0.